The molecular weight excluding hydrogens is 454 g/mol. The van der Waals surface area contributed by atoms with Gasteiger partial charge in [-0.2, -0.15) is 0 Å². The Balaban J connectivity index is 1.66. The number of rotatable bonds is 4. The van der Waals surface area contributed by atoms with Crippen LogP contribution in [0.25, 0.3) is 5.76 Å². The first-order chi connectivity index (χ1) is 17.2. The zero-order valence-corrected chi connectivity index (χ0v) is 20.9. The minimum absolute atomic E-state index is 0.0562. The molecule has 1 unspecified atom stereocenters. The van der Waals surface area contributed by atoms with Crippen LogP contribution >= 0.6 is 0 Å². The number of ketones is 1. The van der Waals surface area contributed by atoms with Crippen LogP contribution in [0.4, 0.5) is 5.69 Å². The fraction of sp³-hybridized carbons (Fsp3) is 0.267. The van der Waals surface area contributed by atoms with E-state index in [1.807, 2.05) is 42.5 Å². The van der Waals surface area contributed by atoms with Gasteiger partial charge in [-0.1, -0.05) is 45.0 Å². The van der Waals surface area contributed by atoms with E-state index in [4.69, 9.17) is 9.47 Å². The molecule has 2 aliphatic heterocycles. The Labute approximate surface area is 210 Å². The van der Waals surface area contributed by atoms with Gasteiger partial charge in [-0.15, -0.1) is 0 Å². The largest absolute Gasteiger partial charge is 0.507 e. The number of carbonyl (C=O) groups is 2. The van der Waals surface area contributed by atoms with Gasteiger partial charge in [-0.25, -0.2) is 0 Å². The number of hydrogen-bond acceptors (Lipinski definition) is 5. The summed E-state index contributed by atoms with van der Waals surface area (Å²) in [6.07, 6.45) is 0.729. The Morgan fingerprint density at radius 3 is 2.33 bits per heavy atom. The normalized spacial score (nSPS) is 18.8. The maximum atomic E-state index is 13.4. The van der Waals surface area contributed by atoms with Crippen molar-refractivity contribution in [2.45, 2.75) is 38.6 Å². The number of methoxy groups -OCH3 is 1. The molecule has 1 saturated heterocycles. The van der Waals surface area contributed by atoms with Crippen LogP contribution in [0.5, 0.6) is 11.5 Å². The van der Waals surface area contributed by atoms with Crippen LogP contribution in [0.1, 0.15) is 49.1 Å². The van der Waals surface area contributed by atoms with E-state index < -0.39 is 17.7 Å². The molecule has 3 aromatic rings. The fourth-order valence-corrected chi connectivity index (χ4v) is 4.81. The molecule has 1 amide bonds. The number of aliphatic hydroxyl groups is 1. The van der Waals surface area contributed by atoms with Crippen LogP contribution in [0, 0.1) is 0 Å². The molecule has 3 aromatic carbocycles. The first kappa shape index (κ1) is 23.7. The standard InChI is InChI=1S/C30H29NO5/c1-30(2,3)21-8-10-22(11-9-21)31-26(18-5-12-23(35-4)13-6-18)25(28(33)29(31)34)27(32)20-7-14-24-19(17-20)15-16-36-24/h5-14,17,26,32H,15-16H2,1-4H3/b27-25-. The zero-order valence-electron chi connectivity index (χ0n) is 20.9. The van der Waals surface area contributed by atoms with E-state index in [1.165, 1.54) is 4.90 Å². The summed E-state index contributed by atoms with van der Waals surface area (Å²) in [5, 5.41) is 11.4. The average Bonchev–Trinajstić information content (AvgIpc) is 3.45. The topological polar surface area (TPSA) is 76.1 Å². The second-order valence-corrected chi connectivity index (χ2v) is 10.2. The highest BCUT2D eigenvalue weighted by molar-refractivity contribution is 6.51. The lowest BCUT2D eigenvalue weighted by Gasteiger charge is -2.27. The van der Waals surface area contributed by atoms with Crippen molar-refractivity contribution in [1.82, 2.24) is 0 Å². The van der Waals surface area contributed by atoms with Gasteiger partial charge in [-0.3, -0.25) is 14.5 Å². The van der Waals surface area contributed by atoms with Crippen LogP contribution in [0.2, 0.25) is 0 Å². The lowest BCUT2D eigenvalue weighted by atomic mass is 9.87. The van der Waals surface area contributed by atoms with Crippen LogP contribution in [0.15, 0.2) is 72.3 Å². The molecule has 1 fully saturated rings. The Hall–Kier alpha value is -4.06. The molecule has 36 heavy (non-hydrogen) atoms. The highest BCUT2D eigenvalue weighted by Gasteiger charge is 2.47. The minimum Gasteiger partial charge on any atom is -0.507 e. The fourth-order valence-electron chi connectivity index (χ4n) is 4.81. The number of amides is 1. The predicted octanol–water partition coefficient (Wildman–Crippen LogP) is 5.55. The van der Waals surface area contributed by atoms with E-state index in [0.717, 1.165) is 23.3 Å². The first-order valence-electron chi connectivity index (χ1n) is 12.0. The van der Waals surface area contributed by atoms with Gasteiger partial charge in [-0.05, 0) is 64.6 Å². The number of aliphatic hydroxyl groups excluding tert-OH is 1. The van der Waals surface area contributed by atoms with Gasteiger partial charge in [0.25, 0.3) is 11.7 Å². The van der Waals surface area contributed by atoms with E-state index in [-0.39, 0.29) is 16.7 Å². The van der Waals surface area contributed by atoms with Crippen LogP contribution in [-0.2, 0) is 21.4 Å². The third kappa shape index (κ3) is 4.02. The van der Waals surface area contributed by atoms with Crippen molar-refractivity contribution in [3.8, 4) is 11.5 Å². The number of benzene rings is 3. The maximum Gasteiger partial charge on any atom is 0.300 e. The van der Waals surface area contributed by atoms with Crippen molar-refractivity contribution in [1.29, 1.82) is 0 Å². The number of nitrogens with zero attached hydrogens (tertiary/aromatic N) is 1. The highest BCUT2D eigenvalue weighted by atomic mass is 16.5. The first-order valence-corrected chi connectivity index (χ1v) is 12.0. The number of hydrogen-bond donors (Lipinski definition) is 1. The second kappa shape index (κ2) is 8.86. The monoisotopic (exact) mass is 483 g/mol. The van der Waals surface area contributed by atoms with Gasteiger partial charge in [0.1, 0.15) is 17.3 Å². The Bertz CT molecular complexity index is 1360. The molecule has 1 N–H and O–H groups in total. The summed E-state index contributed by atoms with van der Waals surface area (Å²) in [6.45, 7) is 6.94. The minimum atomic E-state index is -0.791. The van der Waals surface area contributed by atoms with Crippen molar-refractivity contribution in [2.24, 2.45) is 0 Å². The highest BCUT2D eigenvalue weighted by Crippen LogP contribution is 2.43. The molecule has 0 radical (unpaired) electrons. The van der Waals surface area contributed by atoms with Gasteiger partial charge in [0, 0.05) is 17.7 Å². The lowest BCUT2D eigenvalue weighted by Crippen LogP contribution is -2.29. The van der Waals surface area contributed by atoms with Crippen LogP contribution < -0.4 is 14.4 Å². The average molecular weight is 484 g/mol. The number of Topliss-reactive ketones (excluding diaryl/α,β-unsaturated/α-hetero) is 1. The smallest absolute Gasteiger partial charge is 0.300 e. The quantitative estimate of drug-likeness (QED) is 0.299. The van der Waals surface area contributed by atoms with Crippen molar-refractivity contribution in [3.63, 3.8) is 0 Å². The molecule has 2 aliphatic rings. The molecule has 184 valence electrons. The predicted molar refractivity (Wildman–Crippen MR) is 139 cm³/mol. The van der Waals surface area contributed by atoms with E-state index >= 15 is 0 Å². The SMILES string of the molecule is COc1ccc(C2/C(=C(/O)c3ccc4c(c3)CCO4)C(=O)C(=O)N2c2ccc(C(C)(C)C)cc2)cc1. The summed E-state index contributed by atoms with van der Waals surface area (Å²) >= 11 is 0. The maximum absolute atomic E-state index is 13.4. The van der Waals surface area contributed by atoms with E-state index in [1.54, 1.807) is 31.4 Å². The Kier molecular flexibility index (Phi) is 5.83. The molecule has 6 nitrogen and oxygen atoms in total. The molecule has 0 bridgehead atoms. The third-order valence-electron chi connectivity index (χ3n) is 6.85. The molecular formula is C30H29NO5. The van der Waals surface area contributed by atoms with Crippen molar-refractivity contribution in [2.75, 3.05) is 18.6 Å². The van der Waals surface area contributed by atoms with Gasteiger partial charge in [0.05, 0.1) is 25.3 Å². The molecule has 0 saturated carbocycles. The van der Waals surface area contributed by atoms with Crippen molar-refractivity contribution in [3.05, 3.63) is 94.6 Å². The Morgan fingerprint density at radius 2 is 1.69 bits per heavy atom. The summed E-state index contributed by atoms with van der Waals surface area (Å²) in [6, 6.07) is 19.4. The molecule has 5 rings (SSSR count). The molecule has 0 aromatic heterocycles. The summed E-state index contributed by atoms with van der Waals surface area (Å²) in [5.74, 6) is -0.158. The number of fused-ring (bicyclic) bond motifs is 1. The zero-order chi connectivity index (χ0) is 25.6. The summed E-state index contributed by atoms with van der Waals surface area (Å²) in [4.78, 5) is 28.3. The van der Waals surface area contributed by atoms with Crippen LogP contribution in [0.3, 0.4) is 0 Å². The van der Waals surface area contributed by atoms with E-state index in [0.29, 0.717) is 29.2 Å². The number of carbonyl (C=O) groups excluding carboxylic acids is 2. The summed E-state index contributed by atoms with van der Waals surface area (Å²) in [5.41, 5.74) is 3.85. The van der Waals surface area contributed by atoms with E-state index in [9.17, 15) is 14.7 Å². The van der Waals surface area contributed by atoms with E-state index in [2.05, 4.69) is 20.8 Å². The summed E-state index contributed by atoms with van der Waals surface area (Å²) in [7, 11) is 1.58. The summed E-state index contributed by atoms with van der Waals surface area (Å²) < 4.78 is 10.9. The van der Waals surface area contributed by atoms with Crippen molar-refractivity contribution < 1.29 is 24.2 Å². The molecule has 1 atom stereocenters. The molecule has 0 spiro atoms. The molecule has 0 aliphatic carbocycles. The lowest BCUT2D eigenvalue weighted by molar-refractivity contribution is -0.132. The molecule has 6 heteroatoms. The van der Waals surface area contributed by atoms with Gasteiger partial charge >= 0.3 is 0 Å². The van der Waals surface area contributed by atoms with Crippen molar-refractivity contribution >= 4 is 23.1 Å². The molecule has 2 heterocycles. The van der Waals surface area contributed by atoms with Crippen LogP contribution in [-0.4, -0.2) is 30.5 Å². The van der Waals surface area contributed by atoms with Gasteiger partial charge in [0.15, 0.2) is 0 Å². The van der Waals surface area contributed by atoms with Gasteiger partial charge < -0.3 is 14.6 Å². The number of ether oxygens (including phenoxy) is 2. The Morgan fingerprint density at radius 1 is 1.00 bits per heavy atom. The van der Waals surface area contributed by atoms with Gasteiger partial charge in [0.2, 0.25) is 0 Å². The third-order valence-corrected chi connectivity index (χ3v) is 6.85. The second-order valence-electron chi connectivity index (χ2n) is 10.2. The number of anilines is 1.